The third-order valence-electron chi connectivity index (χ3n) is 8.11. The number of hydrogen-bond donors (Lipinski definition) is 2. The second-order valence-electron chi connectivity index (χ2n) is 10.4. The Morgan fingerprint density at radius 3 is 2.34 bits per heavy atom. The number of methoxy groups -OCH3 is 1. The van der Waals surface area contributed by atoms with E-state index in [9.17, 15) is 14.7 Å². The number of rotatable bonds is 9. The Hall–Kier alpha value is -2.90. The molecule has 4 aliphatic carbocycles. The van der Waals surface area contributed by atoms with Crippen molar-refractivity contribution in [3.63, 3.8) is 0 Å². The molecular weight excluding hydrogens is 446 g/mol. The minimum atomic E-state index is -1.09. The van der Waals surface area contributed by atoms with E-state index in [-0.39, 0.29) is 29.4 Å². The molecule has 35 heavy (non-hydrogen) atoms. The average Bonchev–Trinajstić information content (AvgIpc) is 2.83. The van der Waals surface area contributed by atoms with Gasteiger partial charge in [0.25, 0.3) is 5.91 Å². The zero-order valence-corrected chi connectivity index (χ0v) is 20.3. The third kappa shape index (κ3) is 4.80. The Morgan fingerprint density at radius 2 is 1.71 bits per heavy atom. The van der Waals surface area contributed by atoms with E-state index in [1.165, 1.54) is 44.6 Å². The highest BCUT2D eigenvalue weighted by atomic mass is 16.7. The topological polar surface area (TPSA) is 94.1 Å². The molecule has 0 spiro atoms. The number of para-hydroxylation sites is 1. The van der Waals surface area contributed by atoms with Crippen LogP contribution in [0.5, 0.6) is 5.75 Å². The normalized spacial score (nSPS) is 27.4. The van der Waals surface area contributed by atoms with Crippen molar-refractivity contribution < 1.29 is 28.9 Å². The van der Waals surface area contributed by atoms with Gasteiger partial charge in [-0.05, 0) is 92.9 Å². The van der Waals surface area contributed by atoms with E-state index in [4.69, 9.17) is 14.2 Å². The SMILES string of the molecule is COC(C)OCOc1cc(C(=O)Nc2ccccc2C(=O)O)ccc1C12CC3CC(CC(C3)C1)C2. The molecule has 1 unspecified atom stereocenters. The van der Waals surface area contributed by atoms with E-state index >= 15 is 0 Å². The lowest BCUT2D eigenvalue weighted by atomic mass is 9.48. The quantitative estimate of drug-likeness (QED) is 0.465. The van der Waals surface area contributed by atoms with Gasteiger partial charge in [-0.25, -0.2) is 4.79 Å². The van der Waals surface area contributed by atoms with Crippen LogP contribution in [-0.4, -0.2) is 37.2 Å². The summed E-state index contributed by atoms with van der Waals surface area (Å²) in [6, 6.07) is 12.0. The van der Waals surface area contributed by atoms with Crippen LogP contribution in [0, 0.1) is 17.8 Å². The summed E-state index contributed by atoms with van der Waals surface area (Å²) in [4.78, 5) is 24.7. The van der Waals surface area contributed by atoms with Gasteiger partial charge in [-0.15, -0.1) is 0 Å². The number of carboxylic acid groups (broad SMARTS) is 1. The summed E-state index contributed by atoms with van der Waals surface area (Å²) in [5.41, 5.74) is 1.96. The molecule has 4 fully saturated rings. The van der Waals surface area contributed by atoms with Crippen LogP contribution in [0.25, 0.3) is 0 Å². The Labute approximate surface area is 205 Å². The van der Waals surface area contributed by atoms with Gasteiger partial charge in [-0.2, -0.15) is 0 Å². The number of ether oxygens (including phenoxy) is 3. The van der Waals surface area contributed by atoms with E-state index in [0.717, 1.165) is 23.3 Å². The fourth-order valence-corrected chi connectivity index (χ4v) is 6.90. The first-order valence-corrected chi connectivity index (χ1v) is 12.4. The van der Waals surface area contributed by atoms with E-state index < -0.39 is 12.3 Å². The molecule has 7 heteroatoms. The number of amides is 1. The Kier molecular flexibility index (Phi) is 6.55. The molecule has 0 radical (unpaired) electrons. The fourth-order valence-electron chi connectivity index (χ4n) is 6.90. The highest BCUT2D eigenvalue weighted by molar-refractivity contribution is 6.08. The maximum absolute atomic E-state index is 13.1. The number of carbonyl (C=O) groups excluding carboxylic acids is 1. The zero-order chi connectivity index (χ0) is 24.6. The Morgan fingerprint density at radius 1 is 1.06 bits per heavy atom. The van der Waals surface area contributed by atoms with Gasteiger partial charge < -0.3 is 24.6 Å². The molecule has 2 aromatic rings. The first kappa shape index (κ1) is 23.8. The third-order valence-corrected chi connectivity index (χ3v) is 8.11. The van der Waals surface area contributed by atoms with Crippen LogP contribution in [0.1, 0.15) is 71.7 Å². The van der Waals surface area contributed by atoms with Gasteiger partial charge >= 0.3 is 5.97 Å². The van der Waals surface area contributed by atoms with Gasteiger partial charge in [-0.1, -0.05) is 18.2 Å². The molecule has 0 aliphatic heterocycles. The van der Waals surface area contributed by atoms with E-state index in [1.54, 1.807) is 38.3 Å². The lowest BCUT2D eigenvalue weighted by Crippen LogP contribution is -2.48. The van der Waals surface area contributed by atoms with Crippen LogP contribution < -0.4 is 10.1 Å². The number of carbonyl (C=O) groups is 2. The van der Waals surface area contributed by atoms with E-state index in [2.05, 4.69) is 5.32 Å². The molecule has 7 nitrogen and oxygen atoms in total. The monoisotopic (exact) mass is 479 g/mol. The number of aromatic carboxylic acids is 1. The fraction of sp³-hybridized carbons (Fsp3) is 0.500. The van der Waals surface area contributed by atoms with E-state index in [1.807, 2.05) is 12.1 Å². The second-order valence-corrected chi connectivity index (χ2v) is 10.4. The van der Waals surface area contributed by atoms with Crippen LogP contribution in [-0.2, 0) is 14.9 Å². The highest BCUT2D eigenvalue weighted by Gasteiger charge is 2.52. The predicted molar refractivity (Wildman–Crippen MR) is 131 cm³/mol. The zero-order valence-electron chi connectivity index (χ0n) is 20.3. The molecule has 1 atom stereocenters. The van der Waals surface area contributed by atoms with Gasteiger partial charge in [0.05, 0.1) is 11.3 Å². The van der Waals surface area contributed by atoms with Gasteiger partial charge in [0.1, 0.15) is 5.75 Å². The minimum Gasteiger partial charge on any atom is -0.478 e. The molecule has 6 rings (SSSR count). The standard InChI is InChI=1S/C28H33NO6/c1-17(33-2)34-16-35-25-12-21(26(30)29-24-6-4-3-5-22(24)27(31)32)7-8-23(25)28-13-18-9-19(14-28)11-20(10-18)15-28/h3-8,12,17-20H,9-11,13-16H2,1-2H3,(H,29,30)(H,31,32). The smallest absolute Gasteiger partial charge is 0.337 e. The first-order valence-electron chi connectivity index (χ1n) is 12.4. The molecule has 1 amide bonds. The molecule has 0 heterocycles. The van der Waals surface area contributed by atoms with E-state index in [0.29, 0.717) is 11.3 Å². The van der Waals surface area contributed by atoms with Gasteiger partial charge in [0, 0.05) is 18.2 Å². The summed E-state index contributed by atoms with van der Waals surface area (Å²) in [7, 11) is 1.57. The summed E-state index contributed by atoms with van der Waals surface area (Å²) in [5.74, 6) is 1.51. The van der Waals surface area contributed by atoms with Gasteiger partial charge in [-0.3, -0.25) is 4.79 Å². The lowest BCUT2D eigenvalue weighted by Gasteiger charge is -2.57. The predicted octanol–water partition coefficient (Wildman–Crippen LogP) is 5.45. The molecule has 186 valence electrons. The van der Waals surface area contributed by atoms with Gasteiger partial charge in [0.15, 0.2) is 13.1 Å². The maximum Gasteiger partial charge on any atom is 0.337 e. The van der Waals surface area contributed by atoms with Crippen molar-refractivity contribution in [1.82, 2.24) is 0 Å². The molecule has 4 aliphatic rings. The molecule has 4 bridgehead atoms. The van der Waals surface area contributed by atoms with Crippen LogP contribution in [0.3, 0.4) is 0 Å². The summed E-state index contributed by atoms with van der Waals surface area (Å²) in [6.45, 7) is 1.81. The van der Waals surface area contributed by atoms with Crippen molar-refractivity contribution in [2.45, 2.75) is 57.2 Å². The Bertz CT molecular complexity index is 1080. The summed E-state index contributed by atoms with van der Waals surface area (Å²) in [6.07, 6.45) is 7.12. The van der Waals surface area contributed by atoms with Gasteiger partial charge in [0.2, 0.25) is 0 Å². The molecule has 0 saturated heterocycles. The largest absolute Gasteiger partial charge is 0.478 e. The molecular formula is C28H33NO6. The molecule has 0 aromatic heterocycles. The summed E-state index contributed by atoms with van der Waals surface area (Å²) >= 11 is 0. The number of hydrogen-bond acceptors (Lipinski definition) is 5. The summed E-state index contributed by atoms with van der Waals surface area (Å²) < 4.78 is 16.9. The molecule has 4 saturated carbocycles. The van der Waals surface area contributed by atoms with Crippen molar-refractivity contribution in [1.29, 1.82) is 0 Å². The molecule has 2 aromatic carbocycles. The minimum absolute atomic E-state index is 0.0152. The Balaban J connectivity index is 1.44. The van der Waals surface area contributed by atoms with Crippen LogP contribution >= 0.6 is 0 Å². The summed E-state index contributed by atoms with van der Waals surface area (Å²) in [5, 5.41) is 12.2. The van der Waals surface area contributed by atoms with Crippen LogP contribution in [0.2, 0.25) is 0 Å². The van der Waals surface area contributed by atoms with Crippen LogP contribution in [0.4, 0.5) is 5.69 Å². The molecule has 2 N–H and O–H groups in total. The number of benzene rings is 2. The number of anilines is 1. The van der Waals surface area contributed by atoms with Crippen molar-refractivity contribution >= 4 is 17.6 Å². The van der Waals surface area contributed by atoms with Crippen LogP contribution in [0.15, 0.2) is 42.5 Å². The number of carboxylic acids is 1. The van der Waals surface area contributed by atoms with Crippen molar-refractivity contribution in [2.24, 2.45) is 17.8 Å². The first-order chi connectivity index (χ1) is 16.9. The van der Waals surface area contributed by atoms with Crippen molar-refractivity contribution in [3.05, 3.63) is 59.2 Å². The second kappa shape index (κ2) is 9.63. The lowest BCUT2D eigenvalue weighted by molar-refractivity contribution is -0.150. The number of nitrogens with one attached hydrogen (secondary N) is 1. The van der Waals surface area contributed by atoms with Crippen molar-refractivity contribution in [3.8, 4) is 5.75 Å². The highest BCUT2D eigenvalue weighted by Crippen LogP contribution is 2.61. The average molecular weight is 480 g/mol. The maximum atomic E-state index is 13.1. The van der Waals surface area contributed by atoms with Crippen molar-refractivity contribution in [2.75, 3.05) is 19.2 Å².